The topological polar surface area (TPSA) is 53.1 Å². The Hall–Kier alpha value is -1.88. The zero-order chi connectivity index (χ0) is 14.0. The third kappa shape index (κ3) is 2.46. The lowest BCUT2D eigenvalue weighted by atomic mass is 10.1. The van der Waals surface area contributed by atoms with E-state index in [1.807, 2.05) is 27.0 Å². The molecule has 0 saturated carbocycles. The molecule has 4 nitrogen and oxygen atoms in total. The minimum absolute atomic E-state index is 0.269. The van der Waals surface area contributed by atoms with E-state index in [1.165, 1.54) is 6.07 Å². The van der Waals surface area contributed by atoms with Crippen LogP contribution in [0, 0.1) is 12.7 Å². The molecule has 0 aliphatic rings. The fraction of sp³-hybridized carbons (Fsp3) is 0.357. The molecule has 5 heteroatoms. The largest absolute Gasteiger partial charge is 0.491 e. The summed E-state index contributed by atoms with van der Waals surface area (Å²) in [4.78, 5) is 0. The van der Waals surface area contributed by atoms with Gasteiger partial charge in [-0.15, -0.1) is 0 Å². The molecule has 0 aliphatic carbocycles. The molecule has 0 spiro atoms. The van der Waals surface area contributed by atoms with Gasteiger partial charge in [0.1, 0.15) is 0 Å². The Morgan fingerprint density at radius 1 is 1.42 bits per heavy atom. The van der Waals surface area contributed by atoms with Gasteiger partial charge in [-0.2, -0.15) is 5.10 Å². The highest BCUT2D eigenvalue weighted by Gasteiger charge is 2.14. The van der Waals surface area contributed by atoms with Crippen molar-refractivity contribution in [2.75, 3.05) is 6.61 Å². The van der Waals surface area contributed by atoms with E-state index in [9.17, 15) is 4.39 Å². The normalized spacial score (nSPS) is 10.8. The van der Waals surface area contributed by atoms with Crippen LogP contribution in [-0.2, 0) is 13.6 Å². The van der Waals surface area contributed by atoms with Gasteiger partial charge in [0.25, 0.3) is 0 Å². The van der Waals surface area contributed by atoms with Crippen molar-refractivity contribution in [1.82, 2.24) is 9.78 Å². The average Bonchev–Trinajstić information content (AvgIpc) is 2.67. The molecule has 2 N–H and O–H groups in total. The van der Waals surface area contributed by atoms with E-state index in [-0.39, 0.29) is 11.6 Å². The monoisotopic (exact) mass is 263 g/mol. The Morgan fingerprint density at radius 3 is 2.68 bits per heavy atom. The molecule has 2 aromatic rings. The third-order valence-corrected chi connectivity index (χ3v) is 3.08. The Morgan fingerprint density at radius 2 is 2.16 bits per heavy atom. The summed E-state index contributed by atoms with van der Waals surface area (Å²) in [5.41, 5.74) is 9.09. The van der Waals surface area contributed by atoms with Gasteiger partial charge >= 0.3 is 0 Å². The van der Waals surface area contributed by atoms with Crippen molar-refractivity contribution in [3.63, 3.8) is 0 Å². The zero-order valence-corrected chi connectivity index (χ0v) is 11.4. The molecule has 2 rings (SSSR count). The predicted octanol–water partition coefficient (Wildman–Crippen LogP) is 2.39. The number of benzene rings is 1. The van der Waals surface area contributed by atoms with Crippen molar-refractivity contribution >= 4 is 0 Å². The van der Waals surface area contributed by atoms with Crippen LogP contribution in [0.5, 0.6) is 5.75 Å². The van der Waals surface area contributed by atoms with Crippen molar-refractivity contribution in [2.24, 2.45) is 12.8 Å². The van der Waals surface area contributed by atoms with Crippen molar-refractivity contribution in [3.05, 3.63) is 35.3 Å². The standard InChI is InChI=1S/C14H18FN3O/c1-4-19-13-6-5-10(7-11(13)15)14-9(2)12(8-16)17-18(14)3/h5-7H,4,8,16H2,1-3H3. The van der Waals surface area contributed by atoms with Gasteiger partial charge in [-0.3, -0.25) is 4.68 Å². The van der Waals surface area contributed by atoms with E-state index in [2.05, 4.69) is 5.10 Å². The number of halogens is 1. The zero-order valence-electron chi connectivity index (χ0n) is 11.4. The molecule has 0 unspecified atom stereocenters. The SMILES string of the molecule is CCOc1ccc(-c2c(C)c(CN)nn2C)cc1F. The molecular weight excluding hydrogens is 245 g/mol. The summed E-state index contributed by atoms with van der Waals surface area (Å²) in [6.07, 6.45) is 0. The smallest absolute Gasteiger partial charge is 0.165 e. The van der Waals surface area contributed by atoms with E-state index in [0.29, 0.717) is 13.2 Å². The maximum atomic E-state index is 13.9. The number of aromatic nitrogens is 2. The van der Waals surface area contributed by atoms with Crippen molar-refractivity contribution in [3.8, 4) is 17.0 Å². The van der Waals surface area contributed by atoms with E-state index >= 15 is 0 Å². The van der Waals surface area contributed by atoms with E-state index < -0.39 is 0 Å². The minimum atomic E-state index is -0.366. The second-order valence-electron chi connectivity index (χ2n) is 4.33. The van der Waals surface area contributed by atoms with Crippen LogP contribution in [0.1, 0.15) is 18.2 Å². The predicted molar refractivity (Wildman–Crippen MR) is 72.4 cm³/mol. The second-order valence-corrected chi connectivity index (χ2v) is 4.33. The van der Waals surface area contributed by atoms with Gasteiger partial charge in [0.15, 0.2) is 11.6 Å². The maximum Gasteiger partial charge on any atom is 0.165 e. The molecule has 0 aliphatic heterocycles. The molecule has 0 fully saturated rings. The molecule has 0 radical (unpaired) electrons. The summed E-state index contributed by atoms with van der Waals surface area (Å²) in [6.45, 7) is 4.59. The Bertz CT molecular complexity index is 593. The summed E-state index contributed by atoms with van der Waals surface area (Å²) in [6, 6.07) is 4.94. The molecule has 1 aromatic carbocycles. The fourth-order valence-corrected chi connectivity index (χ4v) is 2.20. The first kappa shape index (κ1) is 13.5. The van der Waals surface area contributed by atoms with Crippen molar-refractivity contribution < 1.29 is 9.13 Å². The van der Waals surface area contributed by atoms with Crippen LogP contribution < -0.4 is 10.5 Å². The molecule has 1 aromatic heterocycles. The molecule has 1 heterocycles. The quantitative estimate of drug-likeness (QED) is 0.921. The van der Waals surface area contributed by atoms with Crippen molar-refractivity contribution in [1.29, 1.82) is 0 Å². The lowest BCUT2D eigenvalue weighted by Gasteiger charge is -2.08. The molecule has 0 atom stereocenters. The number of hydrogen-bond acceptors (Lipinski definition) is 3. The highest BCUT2D eigenvalue weighted by molar-refractivity contribution is 5.65. The number of nitrogens with zero attached hydrogens (tertiary/aromatic N) is 2. The summed E-state index contributed by atoms with van der Waals surface area (Å²) in [5, 5.41) is 4.33. The molecule has 19 heavy (non-hydrogen) atoms. The van der Waals surface area contributed by atoms with E-state index in [1.54, 1.807) is 10.7 Å². The Labute approximate surface area is 112 Å². The van der Waals surface area contributed by atoms with Crippen LogP contribution in [0.3, 0.4) is 0 Å². The van der Waals surface area contributed by atoms with Crippen LogP contribution in [0.25, 0.3) is 11.3 Å². The van der Waals surface area contributed by atoms with Crippen molar-refractivity contribution in [2.45, 2.75) is 20.4 Å². The van der Waals surface area contributed by atoms with Crippen LogP contribution in [0.2, 0.25) is 0 Å². The number of hydrogen-bond donors (Lipinski definition) is 1. The first-order chi connectivity index (χ1) is 9.08. The first-order valence-electron chi connectivity index (χ1n) is 6.23. The van der Waals surface area contributed by atoms with Gasteiger partial charge in [-0.25, -0.2) is 4.39 Å². The van der Waals surface area contributed by atoms with Gasteiger partial charge < -0.3 is 10.5 Å². The Balaban J connectivity index is 2.48. The van der Waals surface area contributed by atoms with E-state index in [4.69, 9.17) is 10.5 Å². The van der Waals surface area contributed by atoms with Gasteiger partial charge in [0.05, 0.1) is 18.0 Å². The summed E-state index contributed by atoms with van der Waals surface area (Å²) >= 11 is 0. The number of nitrogens with two attached hydrogens (primary N) is 1. The summed E-state index contributed by atoms with van der Waals surface area (Å²) in [7, 11) is 1.83. The molecule has 102 valence electrons. The second kappa shape index (κ2) is 5.40. The summed E-state index contributed by atoms with van der Waals surface area (Å²) in [5.74, 6) is -0.0978. The van der Waals surface area contributed by atoms with Gasteiger partial charge in [-0.05, 0) is 37.6 Å². The minimum Gasteiger partial charge on any atom is -0.491 e. The molecular formula is C14H18FN3O. The highest BCUT2D eigenvalue weighted by atomic mass is 19.1. The lowest BCUT2D eigenvalue weighted by molar-refractivity contribution is 0.321. The third-order valence-electron chi connectivity index (χ3n) is 3.08. The molecule has 0 saturated heterocycles. The lowest BCUT2D eigenvalue weighted by Crippen LogP contribution is -1.99. The van der Waals surface area contributed by atoms with Crippen LogP contribution >= 0.6 is 0 Å². The fourth-order valence-electron chi connectivity index (χ4n) is 2.20. The number of rotatable bonds is 4. The van der Waals surface area contributed by atoms with Gasteiger partial charge in [0, 0.05) is 19.2 Å². The summed E-state index contributed by atoms with van der Waals surface area (Å²) < 4.78 is 20.8. The number of ether oxygens (including phenoxy) is 1. The van der Waals surface area contributed by atoms with Crippen LogP contribution in [0.4, 0.5) is 4.39 Å². The number of aryl methyl sites for hydroxylation is 1. The Kier molecular flexibility index (Phi) is 3.85. The molecule has 0 bridgehead atoms. The van der Waals surface area contributed by atoms with Gasteiger partial charge in [-0.1, -0.05) is 0 Å². The van der Waals surface area contributed by atoms with Crippen LogP contribution in [-0.4, -0.2) is 16.4 Å². The van der Waals surface area contributed by atoms with E-state index in [0.717, 1.165) is 22.5 Å². The molecule has 0 amide bonds. The van der Waals surface area contributed by atoms with Crippen LogP contribution in [0.15, 0.2) is 18.2 Å². The maximum absolute atomic E-state index is 13.9. The first-order valence-corrected chi connectivity index (χ1v) is 6.23. The average molecular weight is 263 g/mol. The van der Waals surface area contributed by atoms with Gasteiger partial charge in [0.2, 0.25) is 0 Å². The highest BCUT2D eigenvalue weighted by Crippen LogP contribution is 2.29.